The first-order valence-corrected chi connectivity index (χ1v) is 18.7. The summed E-state index contributed by atoms with van der Waals surface area (Å²) in [4.78, 5) is 0.308. The molecule has 2 aromatic rings. The van der Waals surface area contributed by atoms with E-state index in [1.165, 1.54) is 6.42 Å². The van der Waals surface area contributed by atoms with Crippen LogP contribution in [0.15, 0.2) is 58.3 Å². The Kier molecular flexibility index (Phi) is 6.93. The molecule has 0 spiro atoms. The van der Waals surface area contributed by atoms with E-state index >= 15 is 0 Å². The molecule has 238 valence electrons. The topological polar surface area (TPSA) is 114 Å². The van der Waals surface area contributed by atoms with Crippen LogP contribution in [0.1, 0.15) is 30.4 Å². The minimum atomic E-state index is -3.80. The standard InChI is InChI=1S/C33H40O9S2/c1-20-3-7-22(8-4-20)43(34,35)40-17-15-38-13-11-32-28-24-19-25-27-26(24)30(32)31(27)33(42-32,29(25)28)12-14-39-16-18-41-44(36,37)23-9-5-21(2)6-10-23/h3-10,24-31H,11-19H2,1-2H3. The summed E-state index contributed by atoms with van der Waals surface area (Å²) in [5.41, 5.74) is 1.71. The summed E-state index contributed by atoms with van der Waals surface area (Å²) in [5.74, 6) is 5.48. The van der Waals surface area contributed by atoms with Gasteiger partial charge in [0.05, 0.1) is 47.4 Å². The van der Waals surface area contributed by atoms with Gasteiger partial charge in [-0.05, 0) is 91.9 Å². The zero-order valence-electron chi connectivity index (χ0n) is 25.1. The van der Waals surface area contributed by atoms with Gasteiger partial charge in [-0.25, -0.2) is 0 Å². The van der Waals surface area contributed by atoms with Gasteiger partial charge in [0, 0.05) is 26.1 Å². The minimum Gasteiger partial charge on any atom is -0.379 e. The molecule has 7 aliphatic rings. The number of ether oxygens (including phenoxy) is 3. The van der Waals surface area contributed by atoms with Crippen molar-refractivity contribution < 1.29 is 39.4 Å². The fourth-order valence-corrected chi connectivity index (χ4v) is 12.7. The predicted octanol–water partition coefficient (Wildman–Crippen LogP) is 4.12. The Balaban J connectivity index is 0.826. The van der Waals surface area contributed by atoms with Crippen LogP contribution in [0.2, 0.25) is 0 Å². The van der Waals surface area contributed by atoms with Crippen molar-refractivity contribution in [2.45, 2.75) is 54.1 Å². The Morgan fingerprint density at radius 2 is 1.02 bits per heavy atom. The molecule has 7 fully saturated rings. The Morgan fingerprint density at radius 1 is 0.614 bits per heavy atom. The molecule has 10 atom stereocenters. The maximum Gasteiger partial charge on any atom is 0.297 e. The lowest BCUT2D eigenvalue weighted by Gasteiger charge is -2.48. The number of rotatable bonds is 16. The summed E-state index contributed by atoms with van der Waals surface area (Å²) in [6, 6.07) is 13.2. The lowest BCUT2D eigenvalue weighted by molar-refractivity contribution is -0.0968. The lowest BCUT2D eigenvalue weighted by Crippen LogP contribution is -2.52. The van der Waals surface area contributed by atoms with Crippen LogP contribution in [-0.2, 0) is 42.8 Å². The van der Waals surface area contributed by atoms with Gasteiger partial charge < -0.3 is 14.2 Å². The first kappa shape index (κ1) is 29.5. The van der Waals surface area contributed by atoms with Crippen LogP contribution < -0.4 is 0 Å². The molecule has 9 nitrogen and oxygen atoms in total. The molecule has 4 bridgehead atoms. The van der Waals surface area contributed by atoms with Crippen molar-refractivity contribution in [3.05, 3.63) is 59.7 Å². The van der Waals surface area contributed by atoms with Crippen molar-refractivity contribution in [1.82, 2.24) is 0 Å². The lowest BCUT2D eigenvalue weighted by atomic mass is 9.54. The van der Waals surface area contributed by atoms with Crippen molar-refractivity contribution in [1.29, 1.82) is 0 Å². The van der Waals surface area contributed by atoms with E-state index in [0.29, 0.717) is 36.9 Å². The molecule has 2 aromatic carbocycles. The molecule has 2 saturated heterocycles. The summed E-state index contributed by atoms with van der Waals surface area (Å²) >= 11 is 0. The fourth-order valence-electron chi connectivity index (χ4n) is 10.9. The third-order valence-electron chi connectivity index (χ3n) is 12.0. The Labute approximate surface area is 259 Å². The maximum atomic E-state index is 12.5. The summed E-state index contributed by atoms with van der Waals surface area (Å²) in [6.07, 6.45) is 3.00. The number of aryl methyl sites for hydroxylation is 2. The summed E-state index contributed by atoms with van der Waals surface area (Å²) in [6.45, 7) is 5.24. The average molecular weight is 645 g/mol. The fraction of sp³-hybridized carbons (Fsp3) is 0.636. The smallest absolute Gasteiger partial charge is 0.297 e. The van der Waals surface area contributed by atoms with Crippen LogP contribution in [0.3, 0.4) is 0 Å². The number of hydrogen-bond donors (Lipinski definition) is 0. The highest BCUT2D eigenvalue weighted by molar-refractivity contribution is 7.87. The van der Waals surface area contributed by atoms with E-state index in [9.17, 15) is 16.8 Å². The van der Waals surface area contributed by atoms with Crippen LogP contribution >= 0.6 is 0 Å². The molecule has 0 radical (unpaired) electrons. The predicted molar refractivity (Wildman–Crippen MR) is 159 cm³/mol. The Morgan fingerprint density at radius 3 is 1.43 bits per heavy atom. The van der Waals surface area contributed by atoms with Gasteiger partial charge in [0.2, 0.25) is 0 Å². The molecular formula is C33H40O9S2. The highest BCUT2D eigenvalue weighted by atomic mass is 32.2. The second kappa shape index (κ2) is 10.3. The molecule has 0 N–H and O–H groups in total. The highest BCUT2D eigenvalue weighted by Crippen LogP contribution is 2.93. The van der Waals surface area contributed by atoms with Gasteiger partial charge in [-0.1, -0.05) is 35.4 Å². The number of benzene rings is 2. The average Bonchev–Trinajstić information content (AvgIpc) is 3.66. The minimum absolute atomic E-state index is 0.0190. The van der Waals surface area contributed by atoms with Gasteiger partial charge >= 0.3 is 0 Å². The van der Waals surface area contributed by atoms with Crippen molar-refractivity contribution in [2.75, 3.05) is 39.6 Å². The molecule has 0 amide bonds. The molecule has 2 aliphatic heterocycles. The van der Waals surface area contributed by atoms with Gasteiger partial charge in [-0.2, -0.15) is 16.8 Å². The van der Waals surface area contributed by atoms with E-state index in [2.05, 4.69) is 0 Å². The van der Waals surface area contributed by atoms with E-state index in [-0.39, 0.29) is 47.4 Å². The first-order chi connectivity index (χ1) is 21.1. The van der Waals surface area contributed by atoms with Gasteiger partial charge in [0.1, 0.15) is 0 Å². The van der Waals surface area contributed by atoms with E-state index in [4.69, 9.17) is 22.6 Å². The van der Waals surface area contributed by atoms with E-state index in [1.54, 1.807) is 48.5 Å². The quantitative estimate of drug-likeness (QED) is 0.197. The molecule has 2 heterocycles. The van der Waals surface area contributed by atoms with Gasteiger partial charge in [-0.15, -0.1) is 0 Å². The SMILES string of the molecule is Cc1ccc(S(=O)(=O)OCCOCCC23OC4(CCOCCOS(=O)(=O)c5ccc(C)cc5)C5C6CC(C7C6C4C72)C53)cc1. The molecule has 11 heteroatoms. The largest absolute Gasteiger partial charge is 0.379 e. The molecule has 9 rings (SSSR count). The van der Waals surface area contributed by atoms with Crippen LogP contribution in [0.4, 0.5) is 0 Å². The third-order valence-corrected chi connectivity index (χ3v) is 14.6. The third kappa shape index (κ3) is 4.12. The Hall–Kier alpha value is -1.86. The molecule has 10 unspecified atom stereocenters. The first-order valence-electron chi connectivity index (χ1n) is 15.9. The van der Waals surface area contributed by atoms with Crippen LogP contribution in [0, 0.1) is 61.2 Å². The van der Waals surface area contributed by atoms with Crippen LogP contribution in [0.25, 0.3) is 0 Å². The Bertz CT molecular complexity index is 1520. The molecule has 44 heavy (non-hydrogen) atoms. The van der Waals surface area contributed by atoms with Crippen LogP contribution in [-0.4, -0.2) is 67.7 Å². The van der Waals surface area contributed by atoms with E-state index < -0.39 is 20.2 Å². The second-order valence-corrected chi connectivity index (χ2v) is 17.0. The monoisotopic (exact) mass is 644 g/mol. The van der Waals surface area contributed by atoms with Crippen molar-refractivity contribution in [2.24, 2.45) is 47.3 Å². The summed E-state index contributed by atoms with van der Waals surface area (Å²) in [7, 11) is -7.60. The maximum absolute atomic E-state index is 12.5. The van der Waals surface area contributed by atoms with Gasteiger partial charge in [-0.3, -0.25) is 8.37 Å². The van der Waals surface area contributed by atoms with Crippen molar-refractivity contribution >= 4 is 20.2 Å². The molecule has 5 saturated carbocycles. The molecule has 5 aliphatic carbocycles. The summed E-state index contributed by atoms with van der Waals surface area (Å²) < 4.78 is 79.3. The van der Waals surface area contributed by atoms with E-state index in [0.717, 1.165) is 47.6 Å². The van der Waals surface area contributed by atoms with Crippen molar-refractivity contribution in [3.8, 4) is 0 Å². The van der Waals surface area contributed by atoms with Gasteiger partial charge in [0.25, 0.3) is 20.2 Å². The zero-order valence-corrected chi connectivity index (χ0v) is 26.7. The van der Waals surface area contributed by atoms with E-state index in [1.807, 2.05) is 13.8 Å². The molecule has 0 aromatic heterocycles. The van der Waals surface area contributed by atoms with Crippen molar-refractivity contribution in [3.63, 3.8) is 0 Å². The van der Waals surface area contributed by atoms with Gasteiger partial charge in [0.15, 0.2) is 0 Å². The summed E-state index contributed by atoms with van der Waals surface area (Å²) in [5, 5.41) is 0. The van der Waals surface area contributed by atoms with Crippen LogP contribution in [0.5, 0.6) is 0 Å². The molecular weight excluding hydrogens is 604 g/mol. The zero-order chi connectivity index (χ0) is 30.5. The number of hydrogen-bond acceptors (Lipinski definition) is 9. The highest BCUT2D eigenvalue weighted by Gasteiger charge is 2.96. The normalized spacial score (nSPS) is 38.3. The second-order valence-electron chi connectivity index (χ2n) is 13.7.